The van der Waals surface area contributed by atoms with Crippen LogP contribution in [0.2, 0.25) is 0 Å². The molecule has 0 amide bonds. The Morgan fingerprint density at radius 3 is 1.77 bits per heavy atom. The van der Waals surface area contributed by atoms with Gasteiger partial charge in [0.1, 0.15) is 0 Å². The molecule has 3 rings (SSSR count). The SMILES string of the molecule is CCc1ccc(S(=O)(=O)NCC[NH+]2CCN(S(=O)(=O)c3ccc(CC)cc3)CC2)cc1. The second-order valence-corrected chi connectivity index (χ2v) is 11.5. The minimum atomic E-state index is -3.53. The quantitative estimate of drug-likeness (QED) is 0.569. The fraction of sp³-hybridized carbons (Fsp3) is 0.455. The van der Waals surface area contributed by atoms with Gasteiger partial charge in [-0.2, -0.15) is 4.31 Å². The van der Waals surface area contributed by atoms with Crippen molar-refractivity contribution in [3.05, 3.63) is 59.7 Å². The van der Waals surface area contributed by atoms with E-state index in [1.54, 1.807) is 24.3 Å². The van der Waals surface area contributed by atoms with Crippen LogP contribution in [0.1, 0.15) is 25.0 Å². The molecule has 170 valence electrons. The molecule has 2 aromatic carbocycles. The average molecular weight is 467 g/mol. The van der Waals surface area contributed by atoms with Gasteiger partial charge >= 0.3 is 0 Å². The van der Waals surface area contributed by atoms with E-state index in [0.29, 0.717) is 44.2 Å². The van der Waals surface area contributed by atoms with Crippen molar-refractivity contribution >= 4 is 20.0 Å². The van der Waals surface area contributed by atoms with Gasteiger partial charge in [-0.1, -0.05) is 38.1 Å². The highest BCUT2D eigenvalue weighted by atomic mass is 32.2. The molecule has 0 saturated carbocycles. The predicted molar refractivity (Wildman–Crippen MR) is 121 cm³/mol. The van der Waals surface area contributed by atoms with E-state index in [1.807, 2.05) is 38.1 Å². The van der Waals surface area contributed by atoms with Crippen molar-refractivity contribution in [2.45, 2.75) is 36.5 Å². The lowest BCUT2D eigenvalue weighted by atomic mass is 10.2. The van der Waals surface area contributed by atoms with Gasteiger partial charge in [0.2, 0.25) is 20.0 Å². The van der Waals surface area contributed by atoms with Crippen LogP contribution >= 0.6 is 0 Å². The van der Waals surface area contributed by atoms with E-state index in [4.69, 9.17) is 0 Å². The molecule has 1 fully saturated rings. The van der Waals surface area contributed by atoms with E-state index in [2.05, 4.69) is 4.72 Å². The van der Waals surface area contributed by atoms with Gasteiger partial charge in [-0.3, -0.25) is 0 Å². The molecule has 7 nitrogen and oxygen atoms in total. The molecule has 0 aromatic heterocycles. The van der Waals surface area contributed by atoms with Gasteiger partial charge in [0.05, 0.1) is 49.1 Å². The molecule has 2 N–H and O–H groups in total. The van der Waals surface area contributed by atoms with E-state index >= 15 is 0 Å². The van der Waals surface area contributed by atoms with Crippen LogP contribution in [0.4, 0.5) is 0 Å². The molecule has 0 spiro atoms. The number of hydrogen-bond donors (Lipinski definition) is 2. The molecule has 1 aliphatic rings. The van der Waals surface area contributed by atoms with Gasteiger partial charge in [-0.25, -0.2) is 21.6 Å². The van der Waals surface area contributed by atoms with Gasteiger partial charge in [0.25, 0.3) is 0 Å². The van der Waals surface area contributed by atoms with Crippen molar-refractivity contribution in [2.24, 2.45) is 0 Å². The third-order valence-electron chi connectivity index (χ3n) is 5.81. The zero-order valence-corrected chi connectivity index (χ0v) is 19.8. The molecule has 0 atom stereocenters. The van der Waals surface area contributed by atoms with Crippen molar-refractivity contribution in [3.8, 4) is 0 Å². The molecule has 1 heterocycles. The van der Waals surface area contributed by atoms with E-state index in [1.165, 1.54) is 9.21 Å². The highest BCUT2D eigenvalue weighted by Crippen LogP contribution is 2.16. The second kappa shape index (κ2) is 10.2. The molecule has 0 bridgehead atoms. The number of hydrogen-bond acceptors (Lipinski definition) is 4. The Labute approximate surface area is 186 Å². The van der Waals surface area contributed by atoms with Crippen molar-refractivity contribution in [3.63, 3.8) is 0 Å². The lowest BCUT2D eigenvalue weighted by Gasteiger charge is -2.31. The number of nitrogens with one attached hydrogen (secondary N) is 2. The van der Waals surface area contributed by atoms with Crippen LogP contribution in [-0.2, 0) is 32.9 Å². The molecule has 1 aliphatic heterocycles. The van der Waals surface area contributed by atoms with Crippen LogP contribution in [0.5, 0.6) is 0 Å². The maximum Gasteiger partial charge on any atom is 0.243 e. The van der Waals surface area contributed by atoms with Gasteiger partial charge in [0.15, 0.2) is 0 Å². The summed E-state index contributed by atoms with van der Waals surface area (Å²) < 4.78 is 54.8. The predicted octanol–water partition coefficient (Wildman–Crippen LogP) is 0.679. The summed E-state index contributed by atoms with van der Waals surface area (Å²) in [5.74, 6) is 0. The Bertz CT molecular complexity index is 1060. The van der Waals surface area contributed by atoms with Crippen molar-refractivity contribution < 1.29 is 21.7 Å². The maximum atomic E-state index is 12.9. The molecular formula is C22H32N3O4S2+. The molecule has 31 heavy (non-hydrogen) atoms. The first-order valence-corrected chi connectivity index (χ1v) is 13.7. The van der Waals surface area contributed by atoms with Crippen molar-refractivity contribution in [2.75, 3.05) is 39.3 Å². The summed E-state index contributed by atoms with van der Waals surface area (Å²) in [5.41, 5.74) is 2.20. The zero-order valence-electron chi connectivity index (χ0n) is 18.2. The normalized spacial score (nSPS) is 16.5. The summed E-state index contributed by atoms with van der Waals surface area (Å²) in [6, 6.07) is 14.0. The monoisotopic (exact) mass is 466 g/mol. The number of rotatable bonds is 9. The third-order valence-corrected chi connectivity index (χ3v) is 9.20. The van der Waals surface area contributed by atoms with Gasteiger partial charge in [0, 0.05) is 0 Å². The summed E-state index contributed by atoms with van der Waals surface area (Å²) >= 11 is 0. The molecular weight excluding hydrogens is 434 g/mol. The Morgan fingerprint density at radius 1 is 0.806 bits per heavy atom. The smallest absolute Gasteiger partial charge is 0.243 e. The lowest BCUT2D eigenvalue weighted by Crippen LogP contribution is -3.15. The number of sulfonamides is 2. The van der Waals surface area contributed by atoms with Crippen molar-refractivity contribution in [1.82, 2.24) is 9.03 Å². The van der Waals surface area contributed by atoms with Gasteiger partial charge in [-0.05, 0) is 48.2 Å². The fourth-order valence-electron chi connectivity index (χ4n) is 3.69. The van der Waals surface area contributed by atoms with Crippen LogP contribution in [0, 0.1) is 0 Å². The van der Waals surface area contributed by atoms with Gasteiger partial charge in [-0.15, -0.1) is 0 Å². The van der Waals surface area contributed by atoms with Crippen molar-refractivity contribution in [1.29, 1.82) is 0 Å². The number of nitrogens with zero attached hydrogens (tertiary/aromatic N) is 1. The first-order chi connectivity index (χ1) is 14.8. The lowest BCUT2D eigenvalue weighted by molar-refractivity contribution is -0.902. The molecule has 0 radical (unpaired) electrons. The Morgan fingerprint density at radius 2 is 1.29 bits per heavy atom. The van der Waals surface area contributed by atoms with Crippen LogP contribution in [-0.4, -0.2) is 60.4 Å². The summed E-state index contributed by atoms with van der Waals surface area (Å²) in [4.78, 5) is 1.79. The first-order valence-electron chi connectivity index (χ1n) is 10.8. The summed E-state index contributed by atoms with van der Waals surface area (Å²) in [6.07, 6.45) is 1.74. The molecule has 9 heteroatoms. The summed E-state index contributed by atoms with van der Waals surface area (Å²) in [5, 5.41) is 0. The first kappa shape index (κ1) is 23.9. The minimum Gasteiger partial charge on any atom is -0.332 e. The fourth-order valence-corrected chi connectivity index (χ4v) is 6.16. The molecule has 2 aromatic rings. The van der Waals surface area contributed by atoms with Gasteiger partial charge < -0.3 is 4.90 Å². The number of benzene rings is 2. The average Bonchev–Trinajstić information content (AvgIpc) is 2.79. The molecule has 0 unspecified atom stereocenters. The second-order valence-electron chi connectivity index (χ2n) is 7.80. The van der Waals surface area contributed by atoms with E-state index in [0.717, 1.165) is 24.0 Å². The minimum absolute atomic E-state index is 0.268. The van der Waals surface area contributed by atoms with Crippen LogP contribution in [0.15, 0.2) is 58.3 Å². The highest BCUT2D eigenvalue weighted by Gasteiger charge is 2.30. The number of aryl methyl sites for hydroxylation is 2. The van der Waals surface area contributed by atoms with Crippen LogP contribution < -0.4 is 9.62 Å². The Kier molecular flexibility index (Phi) is 7.87. The van der Waals surface area contributed by atoms with E-state index < -0.39 is 20.0 Å². The number of quaternary nitrogens is 1. The largest absolute Gasteiger partial charge is 0.332 e. The third kappa shape index (κ3) is 5.93. The van der Waals surface area contributed by atoms with Crippen LogP contribution in [0.25, 0.3) is 0 Å². The van der Waals surface area contributed by atoms with E-state index in [-0.39, 0.29) is 4.90 Å². The maximum absolute atomic E-state index is 12.9. The Balaban J connectivity index is 1.49. The molecule has 1 saturated heterocycles. The number of piperazine rings is 1. The van der Waals surface area contributed by atoms with E-state index in [9.17, 15) is 16.8 Å². The summed E-state index contributed by atoms with van der Waals surface area (Å²) in [7, 11) is -7.02. The van der Waals surface area contributed by atoms with Crippen LogP contribution in [0.3, 0.4) is 0 Å². The molecule has 0 aliphatic carbocycles. The highest BCUT2D eigenvalue weighted by molar-refractivity contribution is 7.89. The standard InChI is InChI=1S/C22H31N3O4S2/c1-3-19-5-9-21(10-6-19)30(26,27)23-13-14-24-15-17-25(18-16-24)31(28,29)22-11-7-20(4-2)8-12-22/h5-12,23H,3-4,13-18H2,1-2H3/p+1. The zero-order chi connectivity index (χ0) is 22.5. The summed E-state index contributed by atoms with van der Waals surface area (Å²) in [6.45, 7) is 7.16. The Hall–Kier alpha value is -1.78. The topological polar surface area (TPSA) is 88.0 Å².